The molecular formula is C17H32NO3-. The Kier molecular flexibility index (Phi) is 13.2. The molecule has 0 aliphatic heterocycles. The average molecular weight is 298 g/mol. The van der Waals surface area contributed by atoms with E-state index in [1.54, 1.807) is 0 Å². The van der Waals surface area contributed by atoms with Gasteiger partial charge in [0.1, 0.15) is 0 Å². The van der Waals surface area contributed by atoms with Crippen LogP contribution in [0, 0.1) is 5.92 Å². The fourth-order valence-electron chi connectivity index (χ4n) is 2.56. The summed E-state index contributed by atoms with van der Waals surface area (Å²) < 4.78 is 0. The van der Waals surface area contributed by atoms with E-state index in [-0.39, 0.29) is 12.3 Å². The van der Waals surface area contributed by atoms with Gasteiger partial charge in [0.05, 0.1) is 0 Å². The number of amides is 1. The van der Waals surface area contributed by atoms with E-state index < -0.39 is 5.97 Å². The molecule has 1 N–H and O–H groups in total. The Bertz CT molecular complexity index is 279. The summed E-state index contributed by atoms with van der Waals surface area (Å²) in [6, 6.07) is 0. The molecule has 0 aromatic rings. The highest BCUT2D eigenvalue weighted by atomic mass is 16.4. The van der Waals surface area contributed by atoms with Gasteiger partial charge in [0.15, 0.2) is 0 Å². The highest BCUT2D eigenvalue weighted by Crippen LogP contribution is 2.17. The summed E-state index contributed by atoms with van der Waals surface area (Å²) in [5, 5.41) is 13.3. The number of rotatable bonds is 14. The summed E-state index contributed by atoms with van der Waals surface area (Å²) in [5.74, 6) is -0.604. The highest BCUT2D eigenvalue weighted by Gasteiger charge is 2.09. The number of carboxylic acid groups (broad SMARTS) is 1. The first-order chi connectivity index (χ1) is 10.1. The predicted molar refractivity (Wildman–Crippen MR) is 83.6 cm³/mol. The molecule has 0 aliphatic rings. The van der Waals surface area contributed by atoms with E-state index in [9.17, 15) is 14.7 Å². The van der Waals surface area contributed by atoms with Gasteiger partial charge in [-0.3, -0.25) is 4.79 Å². The molecule has 0 aromatic carbocycles. The summed E-state index contributed by atoms with van der Waals surface area (Å²) in [6.45, 7) is 4.41. The van der Waals surface area contributed by atoms with Gasteiger partial charge in [-0.15, -0.1) is 0 Å². The first kappa shape index (κ1) is 19.9. The largest absolute Gasteiger partial charge is 0.550 e. The first-order valence-corrected chi connectivity index (χ1v) is 8.50. The summed E-state index contributed by atoms with van der Waals surface area (Å²) in [5.41, 5.74) is 0. The molecule has 1 amide bonds. The van der Waals surface area contributed by atoms with Crippen LogP contribution in [0.2, 0.25) is 0 Å². The number of aliphatic carboxylic acids is 1. The Labute approximate surface area is 129 Å². The van der Waals surface area contributed by atoms with Crippen molar-refractivity contribution in [3.63, 3.8) is 0 Å². The van der Waals surface area contributed by atoms with E-state index in [1.807, 2.05) is 0 Å². The Balaban J connectivity index is 3.76. The lowest BCUT2D eigenvalue weighted by Gasteiger charge is -2.17. The lowest BCUT2D eigenvalue weighted by atomic mass is 9.94. The molecule has 1 atom stereocenters. The lowest BCUT2D eigenvalue weighted by Crippen LogP contribution is -2.27. The van der Waals surface area contributed by atoms with Crippen LogP contribution in [0.4, 0.5) is 0 Å². The number of hydrogen-bond acceptors (Lipinski definition) is 3. The zero-order valence-corrected chi connectivity index (χ0v) is 13.8. The Hall–Kier alpha value is -1.06. The highest BCUT2D eigenvalue weighted by molar-refractivity contribution is 5.72. The van der Waals surface area contributed by atoms with Crippen LogP contribution < -0.4 is 10.4 Å². The molecule has 0 aliphatic carbocycles. The summed E-state index contributed by atoms with van der Waals surface area (Å²) in [4.78, 5) is 21.4. The standard InChI is InChI=1S/C17H33NO3/c1-3-4-5-6-7-8-9-11-16(14-18-15(2)19)12-10-13-17(20)21/h16H,3-14H2,1-2H3,(H,18,19)(H,20,21)/p-1. The van der Waals surface area contributed by atoms with Gasteiger partial charge in [0.25, 0.3) is 0 Å². The van der Waals surface area contributed by atoms with Gasteiger partial charge in [-0.1, -0.05) is 51.9 Å². The van der Waals surface area contributed by atoms with E-state index in [4.69, 9.17) is 0 Å². The average Bonchev–Trinajstić information content (AvgIpc) is 2.42. The van der Waals surface area contributed by atoms with Crippen LogP contribution in [-0.2, 0) is 9.59 Å². The van der Waals surface area contributed by atoms with Gasteiger partial charge >= 0.3 is 0 Å². The molecule has 0 rings (SSSR count). The minimum Gasteiger partial charge on any atom is -0.550 e. The van der Waals surface area contributed by atoms with E-state index >= 15 is 0 Å². The number of hydrogen-bond donors (Lipinski definition) is 1. The molecule has 4 nitrogen and oxygen atoms in total. The van der Waals surface area contributed by atoms with Crippen LogP contribution in [0.15, 0.2) is 0 Å². The van der Waals surface area contributed by atoms with Gasteiger partial charge in [0.2, 0.25) is 5.91 Å². The van der Waals surface area contributed by atoms with E-state index in [0.29, 0.717) is 18.9 Å². The molecule has 0 saturated heterocycles. The van der Waals surface area contributed by atoms with E-state index in [2.05, 4.69) is 12.2 Å². The maximum absolute atomic E-state index is 11.0. The van der Waals surface area contributed by atoms with E-state index in [0.717, 1.165) is 12.8 Å². The second kappa shape index (κ2) is 13.9. The fraction of sp³-hybridized carbons (Fsp3) is 0.882. The molecule has 0 heterocycles. The smallest absolute Gasteiger partial charge is 0.216 e. The van der Waals surface area contributed by atoms with Gasteiger partial charge in [0, 0.05) is 19.4 Å². The number of unbranched alkanes of at least 4 members (excludes halogenated alkanes) is 6. The molecule has 0 bridgehead atoms. The van der Waals surface area contributed by atoms with Crippen LogP contribution in [0.25, 0.3) is 0 Å². The van der Waals surface area contributed by atoms with Crippen molar-refractivity contribution in [2.24, 2.45) is 5.92 Å². The molecular weight excluding hydrogens is 266 g/mol. The molecule has 4 heteroatoms. The zero-order chi connectivity index (χ0) is 15.9. The lowest BCUT2D eigenvalue weighted by molar-refractivity contribution is -0.305. The zero-order valence-electron chi connectivity index (χ0n) is 13.8. The summed E-state index contributed by atoms with van der Waals surface area (Å²) in [6.07, 6.45) is 11.6. The molecule has 0 saturated carbocycles. The Morgan fingerprint density at radius 3 is 2.10 bits per heavy atom. The van der Waals surface area contributed by atoms with Crippen molar-refractivity contribution in [1.82, 2.24) is 5.32 Å². The normalized spacial score (nSPS) is 12.1. The maximum atomic E-state index is 11.0. The van der Waals surface area contributed by atoms with Crippen LogP contribution in [0.1, 0.15) is 84.5 Å². The third-order valence-corrected chi connectivity index (χ3v) is 3.85. The van der Waals surface area contributed by atoms with Crippen molar-refractivity contribution in [2.75, 3.05) is 6.54 Å². The van der Waals surface area contributed by atoms with Crippen LogP contribution >= 0.6 is 0 Å². The predicted octanol–water partition coefficient (Wildman–Crippen LogP) is 2.80. The second-order valence-electron chi connectivity index (χ2n) is 5.98. The third-order valence-electron chi connectivity index (χ3n) is 3.85. The van der Waals surface area contributed by atoms with Crippen molar-refractivity contribution >= 4 is 11.9 Å². The molecule has 124 valence electrons. The molecule has 21 heavy (non-hydrogen) atoms. The second-order valence-corrected chi connectivity index (χ2v) is 5.98. The van der Waals surface area contributed by atoms with Crippen molar-refractivity contribution in [3.8, 4) is 0 Å². The van der Waals surface area contributed by atoms with Crippen LogP contribution in [0.3, 0.4) is 0 Å². The SMILES string of the molecule is CCCCCCCCCC(CCCC(=O)[O-])CNC(C)=O. The molecule has 0 radical (unpaired) electrons. The van der Waals surface area contributed by atoms with Gasteiger partial charge in [-0.2, -0.15) is 0 Å². The quantitative estimate of drug-likeness (QED) is 0.501. The van der Waals surface area contributed by atoms with Gasteiger partial charge in [-0.25, -0.2) is 0 Å². The van der Waals surface area contributed by atoms with E-state index in [1.165, 1.54) is 51.9 Å². The monoisotopic (exact) mass is 298 g/mol. The molecule has 0 spiro atoms. The Morgan fingerprint density at radius 1 is 0.952 bits per heavy atom. The molecule has 1 unspecified atom stereocenters. The topological polar surface area (TPSA) is 69.2 Å². The number of carbonyl (C=O) groups is 2. The fourth-order valence-corrected chi connectivity index (χ4v) is 2.56. The number of carboxylic acids is 1. The van der Waals surface area contributed by atoms with Gasteiger partial charge in [-0.05, 0) is 31.6 Å². The molecule has 0 fully saturated rings. The van der Waals surface area contributed by atoms with Crippen molar-refractivity contribution in [3.05, 3.63) is 0 Å². The summed E-state index contributed by atoms with van der Waals surface area (Å²) in [7, 11) is 0. The Morgan fingerprint density at radius 2 is 1.52 bits per heavy atom. The number of carbonyl (C=O) groups excluding carboxylic acids is 2. The van der Waals surface area contributed by atoms with Crippen LogP contribution in [0.5, 0.6) is 0 Å². The van der Waals surface area contributed by atoms with Crippen molar-refractivity contribution in [1.29, 1.82) is 0 Å². The minimum atomic E-state index is -0.982. The number of nitrogens with one attached hydrogen (secondary N) is 1. The first-order valence-electron chi connectivity index (χ1n) is 8.50. The third kappa shape index (κ3) is 15.2. The summed E-state index contributed by atoms with van der Waals surface area (Å²) >= 11 is 0. The maximum Gasteiger partial charge on any atom is 0.216 e. The van der Waals surface area contributed by atoms with Crippen molar-refractivity contribution < 1.29 is 14.7 Å². The van der Waals surface area contributed by atoms with Gasteiger partial charge < -0.3 is 15.2 Å². The van der Waals surface area contributed by atoms with Crippen molar-refractivity contribution in [2.45, 2.75) is 84.5 Å². The minimum absolute atomic E-state index is 0.0144. The van der Waals surface area contributed by atoms with Crippen LogP contribution in [-0.4, -0.2) is 18.4 Å². The molecule has 0 aromatic heterocycles.